The van der Waals surface area contributed by atoms with Crippen molar-refractivity contribution in [2.75, 3.05) is 0 Å². The lowest BCUT2D eigenvalue weighted by molar-refractivity contribution is -0.140. The lowest BCUT2D eigenvalue weighted by Gasteiger charge is -2.63. The predicted octanol–water partition coefficient (Wildman–Crippen LogP) is 8.79. The fourth-order valence-corrected chi connectivity index (χ4v) is 11.1. The summed E-state index contributed by atoms with van der Waals surface area (Å²) >= 11 is 0. The van der Waals surface area contributed by atoms with Crippen LogP contribution in [0.4, 0.5) is 0 Å². The van der Waals surface area contributed by atoms with Crippen molar-refractivity contribution >= 4 is 18.0 Å². The zero-order chi connectivity index (χ0) is 37.5. The Morgan fingerprint density at radius 3 is 2.43 bits per heavy atom. The van der Waals surface area contributed by atoms with E-state index in [9.17, 15) is 24.6 Å². The van der Waals surface area contributed by atoms with E-state index in [0.29, 0.717) is 48.2 Å². The van der Waals surface area contributed by atoms with Crippen LogP contribution in [0.2, 0.25) is 0 Å². The number of carbonyl (C=O) groups excluding carboxylic acids is 3. The van der Waals surface area contributed by atoms with Gasteiger partial charge in [-0.3, -0.25) is 9.59 Å². The fraction of sp³-hybridized carbons (Fsp3) is 0.711. The van der Waals surface area contributed by atoms with Gasteiger partial charge in [0.15, 0.2) is 5.78 Å². The molecule has 5 aliphatic rings. The van der Waals surface area contributed by atoms with Crippen molar-refractivity contribution in [2.45, 2.75) is 150 Å². The molecule has 6 heteroatoms. The van der Waals surface area contributed by atoms with E-state index in [1.54, 1.807) is 12.2 Å². The highest BCUT2D eigenvalue weighted by Crippen LogP contribution is 2.73. The van der Waals surface area contributed by atoms with E-state index in [0.717, 1.165) is 31.1 Å². The Kier molecular flexibility index (Phi) is 11.7. The molecule has 51 heavy (non-hydrogen) atoms. The Morgan fingerprint density at radius 1 is 1.04 bits per heavy atom. The Bertz CT molecular complexity index is 1520. The van der Waals surface area contributed by atoms with Gasteiger partial charge < -0.3 is 20.3 Å². The van der Waals surface area contributed by atoms with Crippen LogP contribution in [0.25, 0.3) is 0 Å². The number of amides is 1. The average molecular weight is 702 g/mol. The van der Waals surface area contributed by atoms with Gasteiger partial charge in [-0.15, -0.1) is 0 Å². The van der Waals surface area contributed by atoms with E-state index in [1.165, 1.54) is 31.8 Å². The van der Waals surface area contributed by atoms with E-state index in [2.05, 4.69) is 78.9 Å². The molecule has 0 aromatic heterocycles. The molecular formula is C45H67NO5. The molecule has 1 amide bonds. The molecule has 0 heterocycles. The molecule has 11 atom stereocenters. The van der Waals surface area contributed by atoms with Crippen LogP contribution in [0, 0.1) is 52.3 Å². The average Bonchev–Trinajstić information content (AvgIpc) is 3.31. The van der Waals surface area contributed by atoms with Gasteiger partial charge in [-0.25, -0.2) is 0 Å². The van der Waals surface area contributed by atoms with Crippen LogP contribution in [0.1, 0.15) is 133 Å². The van der Waals surface area contributed by atoms with Crippen molar-refractivity contribution in [1.82, 2.24) is 5.32 Å². The normalized spacial score (nSPS) is 38.1. The quantitative estimate of drug-likeness (QED) is 0.0553. The Morgan fingerprint density at radius 2 is 1.76 bits per heavy atom. The first-order valence-corrected chi connectivity index (χ1v) is 20.2. The predicted molar refractivity (Wildman–Crippen MR) is 206 cm³/mol. The Labute approximate surface area is 308 Å². The molecule has 0 aromatic carbocycles. The number of aliphatic hydroxyl groups excluding tert-OH is 1. The van der Waals surface area contributed by atoms with Crippen LogP contribution in [0.3, 0.4) is 0 Å². The molecule has 6 nitrogen and oxygen atoms in total. The SMILES string of the molecule is CCCCCC[C@@H](C)/C=C(C)/C=C/C(=O)N[C@]1(C=O)C[C@H]2C[C@H]([C@H](C)/C=C/[C@H](C)C(C)C)[C@@]3(C)CC[C@H]4C(=C1C(=O)C1=C[C@@H](O)CC[C@@]14C)[C@@]23O. The molecule has 5 aliphatic carbocycles. The van der Waals surface area contributed by atoms with Gasteiger partial charge >= 0.3 is 0 Å². The number of rotatable bonds is 14. The highest BCUT2D eigenvalue weighted by molar-refractivity contribution is 6.16. The van der Waals surface area contributed by atoms with Crippen LogP contribution >= 0.6 is 0 Å². The summed E-state index contributed by atoms with van der Waals surface area (Å²) in [5.74, 6) is 0.492. The summed E-state index contributed by atoms with van der Waals surface area (Å²) in [4.78, 5) is 42.3. The second-order valence-corrected chi connectivity index (χ2v) is 18.2. The van der Waals surface area contributed by atoms with E-state index < -0.39 is 34.0 Å². The van der Waals surface area contributed by atoms with Crippen molar-refractivity contribution in [3.8, 4) is 0 Å². The molecule has 282 valence electrons. The molecule has 0 bridgehead atoms. The largest absolute Gasteiger partial charge is 0.389 e. The van der Waals surface area contributed by atoms with Crippen LogP contribution in [-0.4, -0.2) is 45.4 Å². The van der Waals surface area contributed by atoms with Gasteiger partial charge in [-0.05, 0) is 105 Å². The van der Waals surface area contributed by atoms with Gasteiger partial charge in [0, 0.05) is 28.1 Å². The number of aldehydes is 1. The summed E-state index contributed by atoms with van der Waals surface area (Å²) in [6.45, 7) is 19.7. The molecule has 2 fully saturated rings. The van der Waals surface area contributed by atoms with Crippen molar-refractivity contribution in [1.29, 1.82) is 0 Å². The van der Waals surface area contributed by atoms with E-state index >= 15 is 0 Å². The topological polar surface area (TPSA) is 104 Å². The molecule has 0 aliphatic heterocycles. The molecule has 0 radical (unpaired) electrons. The summed E-state index contributed by atoms with van der Waals surface area (Å²) in [6, 6.07) is 0. The van der Waals surface area contributed by atoms with E-state index in [1.807, 2.05) is 6.92 Å². The maximum Gasteiger partial charge on any atom is 0.245 e. The highest BCUT2D eigenvalue weighted by atomic mass is 16.3. The first-order valence-electron chi connectivity index (χ1n) is 20.2. The molecule has 5 rings (SSSR count). The monoisotopic (exact) mass is 702 g/mol. The summed E-state index contributed by atoms with van der Waals surface area (Å²) in [6.07, 6.45) is 21.4. The summed E-state index contributed by atoms with van der Waals surface area (Å²) in [5.41, 5.74) is -1.43. The standard InChI is InChI=1S/C45H67NO5/c1-10-11-12-13-14-29(4)23-30(5)15-18-38(49)46-44(27-47)26-33-24-36(32(7)17-16-31(6)28(2)3)43(9)22-20-35-39(45(33,43)51)40(44)41(50)37-25-34(48)19-21-42(35,37)8/h15-18,23,25,27-29,31-36,48,51H,10-14,19-22,24,26H2,1-9H3,(H,46,49)/b17-16+,18-15+,30-23+/t29-,31+,32-,33-,34+,35+,36-,42-,43-,44+,45+/m1/s1. The minimum atomic E-state index is -1.57. The van der Waals surface area contributed by atoms with Crippen molar-refractivity contribution in [3.63, 3.8) is 0 Å². The van der Waals surface area contributed by atoms with Crippen molar-refractivity contribution in [3.05, 3.63) is 58.7 Å². The summed E-state index contributed by atoms with van der Waals surface area (Å²) in [7, 11) is 0. The molecule has 0 spiro atoms. The molecule has 0 aromatic rings. The maximum atomic E-state index is 14.9. The first kappa shape index (κ1) is 39.6. The number of nitrogens with one attached hydrogen (secondary N) is 1. The zero-order valence-electron chi connectivity index (χ0n) is 33.1. The van der Waals surface area contributed by atoms with Crippen LogP contribution in [0.15, 0.2) is 58.7 Å². The van der Waals surface area contributed by atoms with Crippen molar-refractivity contribution in [2.24, 2.45) is 52.3 Å². The Hall–Kier alpha value is -2.57. The number of Topliss-reactive ketones (excluding diaryl/α,β-unsaturated/α-hetero) is 1. The molecular weight excluding hydrogens is 634 g/mol. The lowest BCUT2D eigenvalue weighted by atomic mass is 9.43. The third kappa shape index (κ3) is 6.86. The third-order valence-corrected chi connectivity index (χ3v) is 14.5. The number of fused-ring (bicyclic) bond motifs is 2. The van der Waals surface area contributed by atoms with Crippen LogP contribution in [-0.2, 0) is 14.4 Å². The second-order valence-electron chi connectivity index (χ2n) is 18.2. The number of aliphatic hydroxyl groups is 2. The fourth-order valence-electron chi connectivity index (χ4n) is 11.1. The highest BCUT2D eigenvalue weighted by Gasteiger charge is 2.74. The Balaban J connectivity index is 1.55. The number of hydrogen-bond donors (Lipinski definition) is 3. The lowest BCUT2D eigenvalue weighted by Crippen LogP contribution is -2.68. The number of allylic oxidation sites excluding steroid dienone is 6. The van der Waals surface area contributed by atoms with E-state index in [-0.39, 0.29) is 41.4 Å². The first-order chi connectivity index (χ1) is 24.0. The molecule has 0 saturated heterocycles. The number of hydrogen-bond acceptors (Lipinski definition) is 5. The van der Waals surface area contributed by atoms with Crippen LogP contribution < -0.4 is 5.32 Å². The zero-order valence-corrected chi connectivity index (χ0v) is 33.1. The minimum Gasteiger partial charge on any atom is -0.389 e. The molecule has 2 saturated carbocycles. The van der Waals surface area contributed by atoms with Crippen LogP contribution in [0.5, 0.6) is 0 Å². The number of ketones is 1. The summed E-state index contributed by atoms with van der Waals surface area (Å²) < 4.78 is 0. The molecule has 0 unspecified atom stereocenters. The minimum absolute atomic E-state index is 0.139. The third-order valence-electron chi connectivity index (χ3n) is 14.5. The second kappa shape index (κ2) is 15.0. The summed E-state index contributed by atoms with van der Waals surface area (Å²) in [5, 5.41) is 27.2. The van der Waals surface area contributed by atoms with Gasteiger partial charge in [0.05, 0.1) is 11.7 Å². The smallest absolute Gasteiger partial charge is 0.245 e. The van der Waals surface area contributed by atoms with E-state index in [4.69, 9.17) is 0 Å². The van der Waals surface area contributed by atoms with Gasteiger partial charge in [-0.1, -0.05) is 111 Å². The number of unbranched alkanes of at least 4 members (excludes halogenated alkanes) is 3. The van der Waals surface area contributed by atoms with Gasteiger partial charge in [0.2, 0.25) is 5.91 Å². The van der Waals surface area contributed by atoms with Crippen molar-refractivity contribution < 1.29 is 24.6 Å². The molecule has 3 N–H and O–H groups in total. The van der Waals surface area contributed by atoms with Gasteiger partial charge in [0.25, 0.3) is 0 Å². The maximum absolute atomic E-state index is 14.9. The van der Waals surface area contributed by atoms with Gasteiger partial charge in [-0.2, -0.15) is 0 Å². The van der Waals surface area contributed by atoms with Gasteiger partial charge in [0.1, 0.15) is 11.8 Å². The number of carbonyl (C=O) groups is 3.